The first-order valence-corrected chi connectivity index (χ1v) is 9.08. The molecule has 3 atom stereocenters. The van der Waals surface area contributed by atoms with Gasteiger partial charge >= 0.3 is 5.97 Å². The number of carbonyl (C=O) groups is 2. The number of benzene rings is 1. The number of nitrogens with one attached hydrogen (secondary N) is 1. The number of aliphatic carboxylic acids is 1. The van der Waals surface area contributed by atoms with E-state index in [0.29, 0.717) is 31.2 Å². The van der Waals surface area contributed by atoms with E-state index in [0.717, 1.165) is 6.42 Å². The SMILES string of the molecule is CC[C@H](C)[C@H](NCC(=O)N(CC)CC1COc2ccccc2O1)C(=O)O. The van der Waals surface area contributed by atoms with Crippen LogP contribution in [0.5, 0.6) is 11.5 Å². The number of amides is 1. The van der Waals surface area contributed by atoms with Crippen LogP contribution >= 0.6 is 0 Å². The van der Waals surface area contributed by atoms with Crippen molar-refractivity contribution in [1.29, 1.82) is 0 Å². The van der Waals surface area contributed by atoms with Gasteiger partial charge in [-0.1, -0.05) is 32.4 Å². The van der Waals surface area contributed by atoms with Gasteiger partial charge in [0, 0.05) is 6.54 Å². The molecular weight excluding hydrogens is 336 g/mol. The fraction of sp³-hybridized carbons (Fsp3) is 0.579. The number of ether oxygens (including phenoxy) is 2. The van der Waals surface area contributed by atoms with Gasteiger partial charge in [0.25, 0.3) is 0 Å². The molecule has 1 aliphatic rings. The molecule has 0 spiro atoms. The van der Waals surface area contributed by atoms with E-state index in [1.54, 1.807) is 4.90 Å². The van der Waals surface area contributed by atoms with Crippen LogP contribution in [-0.4, -0.2) is 60.3 Å². The number of hydrogen-bond donors (Lipinski definition) is 2. The highest BCUT2D eigenvalue weighted by Gasteiger charge is 2.27. The van der Waals surface area contributed by atoms with Gasteiger partial charge < -0.3 is 19.5 Å². The molecule has 0 radical (unpaired) electrons. The van der Waals surface area contributed by atoms with Crippen molar-refractivity contribution in [2.24, 2.45) is 5.92 Å². The lowest BCUT2D eigenvalue weighted by atomic mass is 9.99. The van der Waals surface area contributed by atoms with Gasteiger partial charge in [-0.25, -0.2) is 0 Å². The second-order valence-corrected chi connectivity index (χ2v) is 6.51. The first-order valence-electron chi connectivity index (χ1n) is 9.08. The van der Waals surface area contributed by atoms with Crippen LogP contribution in [0.3, 0.4) is 0 Å². The summed E-state index contributed by atoms with van der Waals surface area (Å²) in [6.45, 7) is 6.95. The number of likely N-dealkylation sites (N-methyl/N-ethyl adjacent to an activating group) is 1. The molecular formula is C19H28N2O5. The molecule has 0 saturated carbocycles. The molecule has 26 heavy (non-hydrogen) atoms. The average Bonchev–Trinajstić information content (AvgIpc) is 2.65. The number of carboxylic acid groups (broad SMARTS) is 1. The molecule has 1 heterocycles. The Hall–Kier alpha value is -2.28. The summed E-state index contributed by atoms with van der Waals surface area (Å²) in [7, 11) is 0. The highest BCUT2D eigenvalue weighted by Crippen LogP contribution is 2.30. The lowest BCUT2D eigenvalue weighted by Gasteiger charge is -2.31. The van der Waals surface area contributed by atoms with Gasteiger partial charge in [0.2, 0.25) is 5.91 Å². The van der Waals surface area contributed by atoms with E-state index in [1.165, 1.54) is 0 Å². The minimum Gasteiger partial charge on any atom is -0.486 e. The zero-order chi connectivity index (χ0) is 19.1. The van der Waals surface area contributed by atoms with Crippen molar-refractivity contribution in [2.45, 2.75) is 39.3 Å². The Balaban J connectivity index is 1.90. The summed E-state index contributed by atoms with van der Waals surface area (Å²) in [5, 5.41) is 12.2. The lowest BCUT2D eigenvalue weighted by molar-refractivity contribution is -0.141. The van der Waals surface area contributed by atoms with Crippen molar-refractivity contribution < 1.29 is 24.2 Å². The van der Waals surface area contributed by atoms with Crippen LogP contribution in [0.1, 0.15) is 27.2 Å². The Kier molecular flexibility index (Phi) is 7.26. The minimum atomic E-state index is -0.934. The molecule has 1 unspecified atom stereocenters. The number of para-hydroxylation sites is 2. The quantitative estimate of drug-likeness (QED) is 0.694. The lowest BCUT2D eigenvalue weighted by Crippen LogP contribution is -2.50. The van der Waals surface area contributed by atoms with Crippen LogP contribution in [0.25, 0.3) is 0 Å². The molecule has 7 heteroatoms. The van der Waals surface area contributed by atoms with Crippen LogP contribution in [0.15, 0.2) is 24.3 Å². The predicted molar refractivity (Wildman–Crippen MR) is 97.5 cm³/mol. The number of rotatable bonds is 9. The summed E-state index contributed by atoms with van der Waals surface area (Å²) in [5.41, 5.74) is 0. The first kappa shape index (κ1) is 20.0. The predicted octanol–water partition coefficient (Wildman–Crippen LogP) is 1.76. The van der Waals surface area contributed by atoms with Gasteiger partial charge in [-0.2, -0.15) is 0 Å². The molecule has 7 nitrogen and oxygen atoms in total. The normalized spacial score (nSPS) is 18.0. The maximum atomic E-state index is 12.5. The molecule has 1 aromatic rings. The second kappa shape index (κ2) is 9.43. The van der Waals surface area contributed by atoms with Gasteiger partial charge in [-0.3, -0.25) is 14.9 Å². The van der Waals surface area contributed by atoms with Crippen molar-refractivity contribution in [1.82, 2.24) is 10.2 Å². The summed E-state index contributed by atoms with van der Waals surface area (Å²) < 4.78 is 11.6. The van der Waals surface area contributed by atoms with Crippen molar-refractivity contribution in [3.63, 3.8) is 0 Å². The van der Waals surface area contributed by atoms with Crippen molar-refractivity contribution >= 4 is 11.9 Å². The van der Waals surface area contributed by atoms with Crippen molar-refractivity contribution in [3.05, 3.63) is 24.3 Å². The smallest absolute Gasteiger partial charge is 0.320 e. The largest absolute Gasteiger partial charge is 0.486 e. The van der Waals surface area contributed by atoms with E-state index in [-0.39, 0.29) is 24.5 Å². The van der Waals surface area contributed by atoms with E-state index in [9.17, 15) is 14.7 Å². The second-order valence-electron chi connectivity index (χ2n) is 6.51. The molecule has 1 aliphatic heterocycles. The maximum Gasteiger partial charge on any atom is 0.320 e. The van der Waals surface area contributed by atoms with Crippen LogP contribution < -0.4 is 14.8 Å². The third kappa shape index (κ3) is 5.11. The highest BCUT2D eigenvalue weighted by molar-refractivity contribution is 5.80. The molecule has 1 aromatic carbocycles. The van der Waals surface area contributed by atoms with Gasteiger partial charge in [-0.15, -0.1) is 0 Å². The van der Waals surface area contributed by atoms with E-state index in [2.05, 4.69) is 5.32 Å². The summed E-state index contributed by atoms with van der Waals surface area (Å²) in [4.78, 5) is 25.5. The molecule has 144 valence electrons. The summed E-state index contributed by atoms with van der Waals surface area (Å²) in [6.07, 6.45) is 0.473. The summed E-state index contributed by atoms with van der Waals surface area (Å²) in [6, 6.07) is 6.71. The van der Waals surface area contributed by atoms with Crippen LogP contribution in [0.4, 0.5) is 0 Å². The molecule has 0 saturated heterocycles. The zero-order valence-corrected chi connectivity index (χ0v) is 15.6. The Bertz CT molecular complexity index is 622. The van der Waals surface area contributed by atoms with Crippen molar-refractivity contribution in [2.75, 3.05) is 26.2 Å². The average molecular weight is 364 g/mol. The Morgan fingerprint density at radius 1 is 1.31 bits per heavy atom. The van der Waals surface area contributed by atoms with Gasteiger partial charge in [-0.05, 0) is 25.0 Å². The molecule has 0 bridgehead atoms. The van der Waals surface area contributed by atoms with Crippen LogP contribution in [0.2, 0.25) is 0 Å². The number of carboxylic acids is 1. The van der Waals surface area contributed by atoms with E-state index in [1.807, 2.05) is 45.0 Å². The molecule has 0 aliphatic carbocycles. The number of nitrogens with zero attached hydrogens (tertiary/aromatic N) is 1. The van der Waals surface area contributed by atoms with Crippen LogP contribution in [0, 0.1) is 5.92 Å². The van der Waals surface area contributed by atoms with Gasteiger partial charge in [0.05, 0.1) is 13.1 Å². The Morgan fingerprint density at radius 3 is 2.62 bits per heavy atom. The topological polar surface area (TPSA) is 88.1 Å². The summed E-state index contributed by atoms with van der Waals surface area (Å²) >= 11 is 0. The number of hydrogen-bond acceptors (Lipinski definition) is 5. The van der Waals surface area contributed by atoms with Gasteiger partial charge in [0.15, 0.2) is 17.6 Å². The summed E-state index contributed by atoms with van der Waals surface area (Å²) in [5.74, 6) is 0.244. The highest BCUT2D eigenvalue weighted by atomic mass is 16.6. The van der Waals surface area contributed by atoms with E-state index < -0.39 is 12.0 Å². The maximum absolute atomic E-state index is 12.5. The van der Waals surface area contributed by atoms with Gasteiger partial charge in [0.1, 0.15) is 12.6 Å². The third-order valence-electron chi connectivity index (χ3n) is 4.68. The molecule has 2 rings (SSSR count). The minimum absolute atomic E-state index is 0.0146. The Labute approximate surface area is 154 Å². The molecule has 1 amide bonds. The molecule has 2 N–H and O–H groups in total. The standard InChI is InChI=1S/C19H28N2O5/c1-4-13(3)18(19(23)24)20-10-17(22)21(5-2)11-14-12-25-15-8-6-7-9-16(15)26-14/h6-9,13-14,18,20H,4-5,10-12H2,1-3H3,(H,23,24)/t13-,14?,18-/m0/s1. The van der Waals surface area contributed by atoms with E-state index >= 15 is 0 Å². The monoisotopic (exact) mass is 364 g/mol. The molecule has 0 aromatic heterocycles. The molecule has 0 fully saturated rings. The van der Waals surface area contributed by atoms with Crippen LogP contribution in [-0.2, 0) is 9.59 Å². The fourth-order valence-electron chi connectivity index (χ4n) is 2.88. The number of fused-ring (bicyclic) bond motifs is 1. The first-order chi connectivity index (χ1) is 12.5. The number of carbonyl (C=O) groups excluding carboxylic acids is 1. The fourth-order valence-corrected chi connectivity index (χ4v) is 2.88. The van der Waals surface area contributed by atoms with E-state index in [4.69, 9.17) is 9.47 Å². The third-order valence-corrected chi connectivity index (χ3v) is 4.68. The van der Waals surface area contributed by atoms with Crippen molar-refractivity contribution in [3.8, 4) is 11.5 Å². The zero-order valence-electron chi connectivity index (χ0n) is 15.6. The Morgan fingerprint density at radius 2 is 2.00 bits per heavy atom.